The van der Waals surface area contributed by atoms with Crippen molar-refractivity contribution in [2.75, 3.05) is 27.3 Å². The van der Waals surface area contributed by atoms with Gasteiger partial charge in [0.15, 0.2) is 6.61 Å². The van der Waals surface area contributed by atoms with Crippen LogP contribution in [0.3, 0.4) is 0 Å². The number of hydrogen-bond acceptors (Lipinski definition) is 4. The zero-order valence-corrected chi connectivity index (χ0v) is 15.2. The highest BCUT2D eigenvalue weighted by molar-refractivity contribution is 9.11. The van der Waals surface area contributed by atoms with Gasteiger partial charge in [-0.25, -0.2) is 0 Å². The molecule has 0 radical (unpaired) electrons. The molecule has 0 saturated heterocycles. The van der Waals surface area contributed by atoms with E-state index in [-0.39, 0.29) is 30.9 Å². The summed E-state index contributed by atoms with van der Waals surface area (Å²) in [6, 6.07) is 5.43. The molecule has 0 bridgehead atoms. The molecule has 0 N–H and O–H groups in total. The second kappa shape index (κ2) is 8.38. The molecule has 116 valence electrons. The van der Waals surface area contributed by atoms with Gasteiger partial charge in [0, 0.05) is 18.1 Å². The minimum absolute atomic E-state index is 0.0926. The lowest BCUT2D eigenvalue weighted by Gasteiger charge is -2.20. The molecule has 1 aromatic rings. The maximum absolute atomic E-state index is 12.0. The van der Waals surface area contributed by atoms with E-state index in [0.29, 0.717) is 5.75 Å². The number of likely N-dealkylation sites (N-methyl/N-ethyl adjacent to an activating group) is 1. The van der Waals surface area contributed by atoms with E-state index in [1.807, 2.05) is 12.1 Å². The number of ether oxygens (including phenoxy) is 2. The van der Waals surface area contributed by atoms with Crippen molar-refractivity contribution in [2.24, 2.45) is 5.92 Å². The number of esters is 1. The summed E-state index contributed by atoms with van der Waals surface area (Å²) >= 11 is 6.70. The van der Waals surface area contributed by atoms with Gasteiger partial charge in [-0.15, -0.1) is 0 Å². The second-order valence-corrected chi connectivity index (χ2v) is 6.33. The zero-order chi connectivity index (χ0) is 16.0. The van der Waals surface area contributed by atoms with Crippen molar-refractivity contribution in [1.82, 2.24) is 4.90 Å². The van der Waals surface area contributed by atoms with Gasteiger partial charge in [-0.1, -0.05) is 22.9 Å². The molecule has 0 aromatic heterocycles. The van der Waals surface area contributed by atoms with Crippen LogP contribution in [0.25, 0.3) is 0 Å². The molecular weight excluding hydrogens is 406 g/mol. The lowest BCUT2D eigenvalue weighted by atomic mass is 10.2. The predicted octanol–water partition coefficient (Wildman–Crippen LogP) is 2.86. The van der Waals surface area contributed by atoms with E-state index in [1.165, 1.54) is 12.0 Å². The second-order valence-electron chi connectivity index (χ2n) is 4.56. The Bertz CT molecular complexity index is 522. The van der Waals surface area contributed by atoms with E-state index in [0.717, 1.165) is 8.95 Å². The minimum atomic E-state index is -0.372. The Kier molecular flexibility index (Phi) is 7.17. The first kappa shape index (κ1) is 18.0. The maximum Gasteiger partial charge on any atom is 0.310 e. The third kappa shape index (κ3) is 5.67. The number of methoxy groups -OCH3 is 1. The number of rotatable bonds is 6. The fourth-order valence-corrected chi connectivity index (χ4v) is 2.79. The van der Waals surface area contributed by atoms with Crippen LogP contribution in [-0.4, -0.2) is 44.1 Å². The first-order valence-corrected chi connectivity index (χ1v) is 7.83. The molecule has 0 spiro atoms. The quantitative estimate of drug-likeness (QED) is 0.661. The van der Waals surface area contributed by atoms with Crippen LogP contribution in [0.2, 0.25) is 0 Å². The van der Waals surface area contributed by atoms with Gasteiger partial charge in [0.25, 0.3) is 5.91 Å². The van der Waals surface area contributed by atoms with Gasteiger partial charge in [-0.05, 0) is 34.1 Å². The predicted molar refractivity (Wildman–Crippen MR) is 86.2 cm³/mol. The Morgan fingerprint density at radius 1 is 1.33 bits per heavy atom. The molecule has 1 aromatic carbocycles. The van der Waals surface area contributed by atoms with Crippen molar-refractivity contribution in [3.63, 3.8) is 0 Å². The average molecular weight is 423 g/mol. The smallest absolute Gasteiger partial charge is 0.310 e. The number of benzene rings is 1. The molecule has 1 amide bonds. The summed E-state index contributed by atoms with van der Waals surface area (Å²) in [5.41, 5.74) is 0. The topological polar surface area (TPSA) is 55.8 Å². The molecule has 21 heavy (non-hydrogen) atoms. The van der Waals surface area contributed by atoms with Crippen molar-refractivity contribution >= 4 is 43.7 Å². The summed E-state index contributed by atoms with van der Waals surface area (Å²) < 4.78 is 11.8. The summed E-state index contributed by atoms with van der Waals surface area (Å²) in [5, 5.41) is 0. The van der Waals surface area contributed by atoms with Gasteiger partial charge in [-0.3, -0.25) is 9.59 Å². The molecule has 0 aliphatic carbocycles. The van der Waals surface area contributed by atoms with Crippen LogP contribution in [0.1, 0.15) is 6.92 Å². The highest BCUT2D eigenvalue weighted by Gasteiger charge is 2.19. The average Bonchev–Trinajstić information content (AvgIpc) is 2.44. The monoisotopic (exact) mass is 421 g/mol. The van der Waals surface area contributed by atoms with E-state index in [1.54, 1.807) is 20.0 Å². The molecule has 5 nitrogen and oxygen atoms in total. The van der Waals surface area contributed by atoms with Gasteiger partial charge >= 0.3 is 5.97 Å². The van der Waals surface area contributed by atoms with E-state index < -0.39 is 0 Å². The van der Waals surface area contributed by atoms with Crippen LogP contribution >= 0.6 is 31.9 Å². The Morgan fingerprint density at radius 3 is 2.57 bits per heavy atom. The van der Waals surface area contributed by atoms with E-state index >= 15 is 0 Å². The van der Waals surface area contributed by atoms with Crippen molar-refractivity contribution in [2.45, 2.75) is 6.92 Å². The number of nitrogens with zero attached hydrogens (tertiary/aromatic N) is 1. The largest absolute Gasteiger partial charge is 0.483 e. The van der Waals surface area contributed by atoms with Crippen LogP contribution in [0.5, 0.6) is 5.75 Å². The summed E-state index contributed by atoms with van der Waals surface area (Å²) in [5.74, 6) is -0.337. The Morgan fingerprint density at radius 2 is 2.00 bits per heavy atom. The summed E-state index contributed by atoms with van der Waals surface area (Å²) in [4.78, 5) is 24.7. The molecule has 0 saturated carbocycles. The molecule has 1 rings (SSSR count). The summed E-state index contributed by atoms with van der Waals surface area (Å²) in [6.45, 7) is 1.91. The highest BCUT2D eigenvalue weighted by atomic mass is 79.9. The first-order chi connectivity index (χ1) is 9.85. The Hall–Kier alpha value is -1.08. The van der Waals surface area contributed by atoms with Crippen LogP contribution in [0, 0.1) is 5.92 Å². The Balaban J connectivity index is 2.51. The van der Waals surface area contributed by atoms with Gasteiger partial charge in [0.05, 0.1) is 17.5 Å². The van der Waals surface area contributed by atoms with Crippen molar-refractivity contribution < 1.29 is 19.1 Å². The molecule has 1 atom stereocenters. The van der Waals surface area contributed by atoms with Crippen LogP contribution in [0.4, 0.5) is 0 Å². The molecular formula is C14H17Br2NO4. The summed E-state index contributed by atoms with van der Waals surface area (Å²) in [6.07, 6.45) is 0. The van der Waals surface area contributed by atoms with Crippen LogP contribution < -0.4 is 4.74 Å². The van der Waals surface area contributed by atoms with Crippen molar-refractivity contribution in [1.29, 1.82) is 0 Å². The minimum Gasteiger partial charge on any atom is -0.483 e. The fourth-order valence-electron chi connectivity index (χ4n) is 1.63. The SMILES string of the molecule is COC(=O)C(C)CN(C)C(=O)COc1ccc(Br)cc1Br. The normalized spacial score (nSPS) is 11.7. The van der Waals surface area contributed by atoms with E-state index in [9.17, 15) is 9.59 Å². The van der Waals surface area contributed by atoms with Crippen LogP contribution in [0.15, 0.2) is 27.1 Å². The number of amides is 1. The van der Waals surface area contributed by atoms with E-state index in [2.05, 4.69) is 36.6 Å². The van der Waals surface area contributed by atoms with Crippen molar-refractivity contribution in [3.8, 4) is 5.75 Å². The van der Waals surface area contributed by atoms with E-state index in [4.69, 9.17) is 4.74 Å². The molecule has 0 aliphatic rings. The molecule has 0 heterocycles. The fraction of sp³-hybridized carbons (Fsp3) is 0.429. The highest BCUT2D eigenvalue weighted by Crippen LogP contribution is 2.28. The van der Waals surface area contributed by atoms with Gasteiger partial charge in [-0.2, -0.15) is 0 Å². The Labute approximate surface area is 140 Å². The zero-order valence-electron chi connectivity index (χ0n) is 12.1. The lowest BCUT2D eigenvalue weighted by molar-refractivity contribution is -0.146. The first-order valence-electron chi connectivity index (χ1n) is 6.24. The van der Waals surface area contributed by atoms with Crippen molar-refractivity contribution in [3.05, 3.63) is 27.1 Å². The van der Waals surface area contributed by atoms with Gasteiger partial charge < -0.3 is 14.4 Å². The van der Waals surface area contributed by atoms with Gasteiger partial charge in [0.2, 0.25) is 0 Å². The number of carbonyl (C=O) groups is 2. The lowest BCUT2D eigenvalue weighted by Crippen LogP contribution is -2.37. The molecule has 7 heteroatoms. The molecule has 0 fully saturated rings. The third-order valence-corrected chi connectivity index (χ3v) is 3.94. The third-order valence-electron chi connectivity index (χ3n) is 2.82. The maximum atomic E-state index is 12.0. The number of halogens is 2. The standard InChI is InChI=1S/C14H17Br2NO4/c1-9(14(19)20-3)7-17(2)13(18)8-21-12-5-4-10(15)6-11(12)16/h4-6,9H,7-8H2,1-3H3. The van der Waals surface area contributed by atoms with Gasteiger partial charge in [0.1, 0.15) is 5.75 Å². The molecule has 1 unspecified atom stereocenters. The molecule has 0 aliphatic heterocycles. The number of hydrogen-bond donors (Lipinski definition) is 0. The number of carbonyl (C=O) groups excluding carboxylic acids is 2. The van der Waals surface area contributed by atoms with Crippen LogP contribution in [-0.2, 0) is 14.3 Å². The summed E-state index contributed by atoms with van der Waals surface area (Å²) in [7, 11) is 2.95.